The second-order valence-corrected chi connectivity index (χ2v) is 9.94. The zero-order chi connectivity index (χ0) is 22.7. The second kappa shape index (κ2) is 9.74. The van der Waals surface area contributed by atoms with Crippen LogP contribution in [0.1, 0.15) is 23.2 Å². The van der Waals surface area contributed by atoms with E-state index < -0.39 is 0 Å². The highest BCUT2D eigenvalue weighted by molar-refractivity contribution is 8.01. The number of rotatable bonds is 7. The van der Waals surface area contributed by atoms with Gasteiger partial charge in [-0.15, -0.1) is 0 Å². The van der Waals surface area contributed by atoms with Crippen molar-refractivity contribution in [3.8, 4) is 5.75 Å². The zero-order valence-electron chi connectivity index (χ0n) is 17.7. The first kappa shape index (κ1) is 22.3. The smallest absolute Gasteiger partial charge is 0.257 e. The summed E-state index contributed by atoms with van der Waals surface area (Å²) in [4.78, 5) is 45.5. The van der Waals surface area contributed by atoms with Crippen LogP contribution in [0.15, 0.2) is 46.2 Å². The number of amides is 3. The van der Waals surface area contributed by atoms with Crippen LogP contribution < -0.4 is 10.1 Å². The molecule has 2 heterocycles. The minimum atomic E-state index is -0.128. The minimum Gasteiger partial charge on any atom is -0.496 e. The first-order valence-corrected chi connectivity index (χ1v) is 11.9. The highest BCUT2D eigenvalue weighted by Crippen LogP contribution is 2.37. The standard InChI is InChI=1S/C22H24N4O4S2/c1-3-18(27)25-8-10-26(11-9-25)21(29)16-12-15(6-7-17(16)30-2)31-19-13-23-22(32-19)24-20(28)14-4-5-14/h3,6-7,12-14H,1,4-5,8-11H2,2H3,(H,23,24,28). The molecule has 0 unspecified atom stereocenters. The van der Waals surface area contributed by atoms with Crippen molar-refractivity contribution in [1.82, 2.24) is 14.8 Å². The summed E-state index contributed by atoms with van der Waals surface area (Å²) in [6.07, 6.45) is 4.91. The number of hydrogen-bond donors (Lipinski definition) is 1. The molecule has 1 N–H and O–H groups in total. The largest absolute Gasteiger partial charge is 0.496 e. The van der Waals surface area contributed by atoms with Crippen LogP contribution in [-0.4, -0.2) is 65.8 Å². The van der Waals surface area contributed by atoms with Gasteiger partial charge >= 0.3 is 0 Å². The van der Waals surface area contributed by atoms with Gasteiger partial charge in [-0.1, -0.05) is 29.7 Å². The molecule has 4 rings (SSSR count). The summed E-state index contributed by atoms with van der Waals surface area (Å²) in [5.74, 6) is 0.415. The molecule has 2 fully saturated rings. The molecule has 1 aromatic carbocycles. The third-order valence-electron chi connectivity index (χ3n) is 5.34. The molecule has 0 atom stereocenters. The van der Waals surface area contributed by atoms with Gasteiger partial charge in [0.25, 0.3) is 5.91 Å². The van der Waals surface area contributed by atoms with Gasteiger partial charge in [-0.05, 0) is 37.1 Å². The van der Waals surface area contributed by atoms with Gasteiger partial charge in [0, 0.05) is 37.0 Å². The summed E-state index contributed by atoms with van der Waals surface area (Å²) in [7, 11) is 1.54. The van der Waals surface area contributed by atoms with Crippen molar-refractivity contribution in [2.75, 3.05) is 38.6 Å². The summed E-state index contributed by atoms with van der Waals surface area (Å²) in [5, 5.41) is 3.44. The van der Waals surface area contributed by atoms with E-state index in [-0.39, 0.29) is 23.6 Å². The van der Waals surface area contributed by atoms with Crippen LogP contribution in [0.25, 0.3) is 0 Å². The topological polar surface area (TPSA) is 91.8 Å². The number of piperazine rings is 1. The van der Waals surface area contributed by atoms with Gasteiger partial charge in [-0.2, -0.15) is 0 Å². The van der Waals surface area contributed by atoms with Crippen LogP contribution in [0.5, 0.6) is 5.75 Å². The van der Waals surface area contributed by atoms with Crippen LogP contribution in [0.2, 0.25) is 0 Å². The Hall–Kier alpha value is -2.85. The number of anilines is 1. The Labute approximate surface area is 194 Å². The number of carbonyl (C=O) groups excluding carboxylic acids is 3. The molecule has 1 saturated heterocycles. The summed E-state index contributed by atoms with van der Waals surface area (Å²) < 4.78 is 6.34. The monoisotopic (exact) mass is 472 g/mol. The Bertz CT molecular complexity index is 1040. The van der Waals surface area contributed by atoms with Crippen LogP contribution in [0.3, 0.4) is 0 Å². The maximum atomic E-state index is 13.2. The van der Waals surface area contributed by atoms with Crippen LogP contribution >= 0.6 is 23.1 Å². The maximum Gasteiger partial charge on any atom is 0.257 e. The first-order valence-electron chi connectivity index (χ1n) is 10.3. The van der Waals surface area contributed by atoms with Gasteiger partial charge in [0.15, 0.2) is 5.13 Å². The average molecular weight is 473 g/mol. The van der Waals surface area contributed by atoms with E-state index in [1.807, 2.05) is 12.1 Å². The van der Waals surface area contributed by atoms with Crippen molar-refractivity contribution in [2.24, 2.45) is 5.92 Å². The summed E-state index contributed by atoms with van der Waals surface area (Å²) in [6, 6.07) is 5.49. The number of benzene rings is 1. The third kappa shape index (κ3) is 5.13. The highest BCUT2D eigenvalue weighted by Gasteiger charge is 2.30. The number of nitrogens with zero attached hydrogens (tertiary/aromatic N) is 3. The fraction of sp³-hybridized carbons (Fsp3) is 0.364. The third-order valence-corrected chi connectivity index (χ3v) is 7.34. The molecule has 1 saturated carbocycles. The van der Waals surface area contributed by atoms with Gasteiger partial charge in [0.2, 0.25) is 11.8 Å². The predicted octanol–water partition coefficient (Wildman–Crippen LogP) is 3.12. The molecule has 2 aliphatic rings. The fourth-order valence-corrected chi connectivity index (χ4v) is 5.28. The van der Waals surface area contributed by atoms with Gasteiger partial charge in [-0.3, -0.25) is 14.4 Å². The molecule has 0 spiro atoms. The van der Waals surface area contributed by atoms with Crippen LogP contribution in [0, 0.1) is 5.92 Å². The van der Waals surface area contributed by atoms with E-state index in [0.717, 1.165) is 21.9 Å². The van der Waals surface area contributed by atoms with Crippen molar-refractivity contribution in [3.05, 3.63) is 42.6 Å². The number of hydrogen-bond acceptors (Lipinski definition) is 7. The Morgan fingerprint density at radius 2 is 1.94 bits per heavy atom. The molecule has 0 radical (unpaired) electrons. The molecular weight excluding hydrogens is 448 g/mol. The van der Waals surface area contributed by atoms with Gasteiger partial charge in [0.05, 0.1) is 23.1 Å². The number of thiazole rings is 1. The van der Waals surface area contributed by atoms with E-state index in [9.17, 15) is 14.4 Å². The molecule has 32 heavy (non-hydrogen) atoms. The van der Waals surface area contributed by atoms with Crippen molar-refractivity contribution in [3.63, 3.8) is 0 Å². The molecule has 1 aliphatic carbocycles. The Balaban J connectivity index is 1.44. The molecule has 0 bridgehead atoms. The van der Waals surface area contributed by atoms with Gasteiger partial charge in [-0.25, -0.2) is 4.98 Å². The molecule has 10 heteroatoms. The maximum absolute atomic E-state index is 13.2. The Morgan fingerprint density at radius 3 is 2.59 bits per heavy atom. The van der Waals surface area contributed by atoms with E-state index in [0.29, 0.717) is 42.6 Å². The SMILES string of the molecule is C=CC(=O)N1CCN(C(=O)c2cc(Sc3cnc(NC(=O)C4CC4)s3)ccc2OC)CC1. The van der Waals surface area contributed by atoms with Gasteiger partial charge in [0.1, 0.15) is 5.75 Å². The zero-order valence-corrected chi connectivity index (χ0v) is 19.3. The average Bonchev–Trinajstić information content (AvgIpc) is 3.59. The molecule has 3 amide bonds. The van der Waals surface area contributed by atoms with Crippen molar-refractivity contribution >= 4 is 46.0 Å². The number of nitrogens with one attached hydrogen (secondary N) is 1. The summed E-state index contributed by atoms with van der Waals surface area (Å²) >= 11 is 2.89. The van der Waals surface area contributed by atoms with Crippen molar-refractivity contribution < 1.29 is 19.1 Å². The fourth-order valence-electron chi connectivity index (χ4n) is 3.38. The lowest BCUT2D eigenvalue weighted by molar-refractivity contribution is -0.127. The van der Waals surface area contributed by atoms with Crippen molar-refractivity contribution in [1.29, 1.82) is 0 Å². The van der Waals surface area contributed by atoms with Crippen LogP contribution in [0.4, 0.5) is 5.13 Å². The van der Waals surface area contributed by atoms with E-state index in [1.54, 1.807) is 22.1 Å². The quantitative estimate of drug-likeness (QED) is 0.623. The number of aromatic nitrogens is 1. The second-order valence-electron chi connectivity index (χ2n) is 7.53. The van der Waals surface area contributed by atoms with Crippen molar-refractivity contribution in [2.45, 2.75) is 21.9 Å². The van der Waals surface area contributed by atoms with E-state index in [2.05, 4.69) is 16.9 Å². The predicted molar refractivity (Wildman–Crippen MR) is 123 cm³/mol. The number of carbonyl (C=O) groups is 3. The molecule has 1 aliphatic heterocycles. The summed E-state index contributed by atoms with van der Waals surface area (Å²) in [5.41, 5.74) is 0.479. The Morgan fingerprint density at radius 1 is 1.22 bits per heavy atom. The first-order chi connectivity index (χ1) is 15.5. The number of methoxy groups -OCH3 is 1. The molecule has 2 aromatic rings. The van der Waals surface area contributed by atoms with E-state index in [4.69, 9.17) is 4.74 Å². The lowest BCUT2D eigenvalue weighted by Gasteiger charge is -2.34. The normalized spacial score (nSPS) is 15.9. The lowest BCUT2D eigenvalue weighted by Crippen LogP contribution is -2.50. The van der Waals surface area contributed by atoms with E-state index >= 15 is 0 Å². The molecule has 168 valence electrons. The summed E-state index contributed by atoms with van der Waals surface area (Å²) in [6.45, 7) is 5.38. The molecule has 8 nitrogen and oxygen atoms in total. The van der Waals surface area contributed by atoms with Crippen LogP contribution in [-0.2, 0) is 9.59 Å². The highest BCUT2D eigenvalue weighted by atomic mass is 32.2. The molecular formula is C22H24N4O4S2. The minimum absolute atomic E-state index is 0.0307. The van der Waals surface area contributed by atoms with Gasteiger partial charge < -0.3 is 19.9 Å². The Kier molecular flexibility index (Phi) is 6.80. The molecule has 1 aromatic heterocycles. The lowest BCUT2D eigenvalue weighted by atomic mass is 10.1. The number of ether oxygens (including phenoxy) is 1. The van der Waals surface area contributed by atoms with E-state index in [1.165, 1.54) is 36.3 Å².